The molecule has 3 nitrogen and oxygen atoms in total. The Hall–Kier alpha value is -0.900. The second kappa shape index (κ2) is 8.52. The molecule has 2 rings (SSSR count). The lowest BCUT2D eigenvalue weighted by Crippen LogP contribution is -2.37. The highest BCUT2D eigenvalue weighted by Gasteiger charge is 2.17. The molecule has 1 aliphatic rings. The lowest BCUT2D eigenvalue weighted by molar-refractivity contribution is 0.0819. The molecule has 0 amide bonds. The Morgan fingerprint density at radius 1 is 1.19 bits per heavy atom. The van der Waals surface area contributed by atoms with Crippen molar-refractivity contribution in [1.82, 2.24) is 10.2 Å². The van der Waals surface area contributed by atoms with E-state index in [1.807, 2.05) is 0 Å². The Morgan fingerprint density at radius 3 is 2.48 bits per heavy atom. The van der Waals surface area contributed by atoms with Crippen LogP contribution < -0.4 is 5.32 Å². The number of nitrogens with zero attached hydrogens (tertiary/aromatic N) is 1. The highest BCUT2D eigenvalue weighted by atomic mass is 16.3. The van der Waals surface area contributed by atoms with E-state index in [0.29, 0.717) is 12.0 Å². The number of benzene rings is 1. The summed E-state index contributed by atoms with van der Waals surface area (Å²) in [5.74, 6) is 0.595. The van der Waals surface area contributed by atoms with Crippen LogP contribution in [0, 0.1) is 5.92 Å². The van der Waals surface area contributed by atoms with Gasteiger partial charge in [0.25, 0.3) is 0 Å². The molecule has 118 valence electrons. The molecule has 0 aliphatic carbocycles. The number of aliphatic hydroxyl groups is 1. The van der Waals surface area contributed by atoms with Crippen LogP contribution in [0.2, 0.25) is 0 Å². The van der Waals surface area contributed by atoms with Crippen LogP contribution in [0.1, 0.15) is 44.7 Å². The second-order valence-corrected chi connectivity index (χ2v) is 6.51. The molecular formula is C18H30N2O. The maximum atomic E-state index is 9.52. The molecule has 21 heavy (non-hydrogen) atoms. The van der Waals surface area contributed by atoms with E-state index < -0.39 is 0 Å². The highest BCUT2D eigenvalue weighted by molar-refractivity contribution is 5.19. The van der Waals surface area contributed by atoms with Gasteiger partial charge in [-0.15, -0.1) is 0 Å². The van der Waals surface area contributed by atoms with E-state index in [1.54, 1.807) is 0 Å². The number of hydrogen-bond donors (Lipinski definition) is 2. The Labute approximate surface area is 129 Å². The standard InChI is InChI=1S/C18H30N2O/c1-15(2)18(16-7-4-3-5-8-16)19-11-6-12-20-13-9-17(21)10-14-20/h3-5,7-8,15,17-19,21H,6,9-14H2,1-2H3. The molecule has 1 heterocycles. The van der Waals surface area contributed by atoms with E-state index in [1.165, 1.54) is 12.0 Å². The minimum absolute atomic E-state index is 0.0669. The first-order chi connectivity index (χ1) is 10.2. The third-order valence-corrected chi connectivity index (χ3v) is 4.40. The first-order valence-corrected chi connectivity index (χ1v) is 8.35. The van der Waals surface area contributed by atoms with Crippen molar-refractivity contribution in [2.75, 3.05) is 26.2 Å². The molecular weight excluding hydrogens is 260 g/mol. The van der Waals surface area contributed by atoms with Gasteiger partial charge >= 0.3 is 0 Å². The molecule has 0 spiro atoms. The summed E-state index contributed by atoms with van der Waals surface area (Å²) in [7, 11) is 0. The van der Waals surface area contributed by atoms with Gasteiger partial charge in [0, 0.05) is 19.1 Å². The Bertz CT molecular complexity index is 385. The fraction of sp³-hybridized carbons (Fsp3) is 0.667. The molecule has 0 aromatic heterocycles. The number of aliphatic hydroxyl groups excluding tert-OH is 1. The van der Waals surface area contributed by atoms with Crippen molar-refractivity contribution in [1.29, 1.82) is 0 Å². The fourth-order valence-corrected chi connectivity index (χ4v) is 3.10. The van der Waals surface area contributed by atoms with Gasteiger partial charge < -0.3 is 15.3 Å². The number of hydrogen-bond acceptors (Lipinski definition) is 3. The van der Waals surface area contributed by atoms with Gasteiger partial charge in [0.2, 0.25) is 0 Å². The summed E-state index contributed by atoms with van der Waals surface area (Å²) in [5, 5.41) is 13.2. The molecule has 1 saturated heterocycles. The van der Waals surface area contributed by atoms with E-state index in [2.05, 4.69) is 54.4 Å². The summed E-state index contributed by atoms with van der Waals surface area (Å²) in [6.45, 7) is 8.84. The zero-order valence-corrected chi connectivity index (χ0v) is 13.5. The van der Waals surface area contributed by atoms with E-state index in [4.69, 9.17) is 0 Å². The summed E-state index contributed by atoms with van der Waals surface area (Å²) in [6, 6.07) is 11.2. The average molecular weight is 290 g/mol. The minimum Gasteiger partial charge on any atom is -0.393 e. The van der Waals surface area contributed by atoms with Crippen LogP contribution in [0.3, 0.4) is 0 Å². The van der Waals surface area contributed by atoms with Gasteiger partial charge in [-0.2, -0.15) is 0 Å². The summed E-state index contributed by atoms with van der Waals surface area (Å²) in [5.41, 5.74) is 1.38. The van der Waals surface area contributed by atoms with Gasteiger partial charge in [0.05, 0.1) is 6.10 Å². The third kappa shape index (κ3) is 5.42. The quantitative estimate of drug-likeness (QED) is 0.758. The molecule has 1 aliphatic heterocycles. The molecule has 2 N–H and O–H groups in total. The monoisotopic (exact) mass is 290 g/mol. The fourth-order valence-electron chi connectivity index (χ4n) is 3.10. The topological polar surface area (TPSA) is 35.5 Å². The SMILES string of the molecule is CC(C)C(NCCCN1CCC(O)CC1)c1ccccc1. The van der Waals surface area contributed by atoms with E-state index in [9.17, 15) is 5.11 Å². The number of nitrogens with one attached hydrogen (secondary N) is 1. The number of likely N-dealkylation sites (tertiary alicyclic amines) is 1. The van der Waals surface area contributed by atoms with Gasteiger partial charge in [0.15, 0.2) is 0 Å². The second-order valence-electron chi connectivity index (χ2n) is 6.51. The van der Waals surface area contributed by atoms with Crippen molar-refractivity contribution in [2.45, 2.75) is 45.3 Å². The van der Waals surface area contributed by atoms with Gasteiger partial charge in [-0.05, 0) is 43.8 Å². The first-order valence-electron chi connectivity index (χ1n) is 8.35. The Morgan fingerprint density at radius 2 is 1.86 bits per heavy atom. The summed E-state index contributed by atoms with van der Waals surface area (Å²) in [6.07, 6.45) is 2.98. The molecule has 1 fully saturated rings. The predicted molar refractivity (Wildman–Crippen MR) is 88.3 cm³/mol. The molecule has 0 saturated carbocycles. The number of rotatable bonds is 7. The van der Waals surface area contributed by atoms with E-state index in [-0.39, 0.29) is 6.10 Å². The van der Waals surface area contributed by atoms with Crippen LogP contribution in [0.5, 0.6) is 0 Å². The third-order valence-electron chi connectivity index (χ3n) is 4.40. The summed E-state index contributed by atoms with van der Waals surface area (Å²) in [4.78, 5) is 2.47. The maximum Gasteiger partial charge on any atom is 0.0564 e. The summed E-state index contributed by atoms with van der Waals surface area (Å²) < 4.78 is 0. The summed E-state index contributed by atoms with van der Waals surface area (Å²) >= 11 is 0. The maximum absolute atomic E-state index is 9.52. The predicted octanol–water partition coefficient (Wildman–Crippen LogP) is 2.82. The normalized spacial score (nSPS) is 19.0. The van der Waals surface area contributed by atoms with Crippen LogP contribution in [0.15, 0.2) is 30.3 Å². The smallest absolute Gasteiger partial charge is 0.0564 e. The van der Waals surface area contributed by atoms with Crippen molar-refractivity contribution < 1.29 is 5.11 Å². The number of piperidine rings is 1. The zero-order valence-electron chi connectivity index (χ0n) is 13.5. The van der Waals surface area contributed by atoms with Gasteiger partial charge in [-0.3, -0.25) is 0 Å². The van der Waals surface area contributed by atoms with Crippen LogP contribution in [0.4, 0.5) is 0 Å². The minimum atomic E-state index is -0.0669. The molecule has 1 aromatic carbocycles. The van der Waals surface area contributed by atoms with Crippen molar-refractivity contribution in [2.24, 2.45) is 5.92 Å². The largest absolute Gasteiger partial charge is 0.393 e. The van der Waals surface area contributed by atoms with Crippen LogP contribution in [0.25, 0.3) is 0 Å². The molecule has 0 radical (unpaired) electrons. The van der Waals surface area contributed by atoms with Crippen LogP contribution in [-0.2, 0) is 0 Å². The van der Waals surface area contributed by atoms with Gasteiger partial charge in [-0.1, -0.05) is 44.2 Å². The average Bonchev–Trinajstić information content (AvgIpc) is 2.49. The molecule has 1 aromatic rings. The van der Waals surface area contributed by atoms with Gasteiger partial charge in [-0.25, -0.2) is 0 Å². The Kier molecular flexibility index (Phi) is 6.68. The van der Waals surface area contributed by atoms with Crippen molar-refractivity contribution in [3.05, 3.63) is 35.9 Å². The molecule has 0 bridgehead atoms. The lowest BCUT2D eigenvalue weighted by Gasteiger charge is -2.30. The van der Waals surface area contributed by atoms with Gasteiger partial charge in [0.1, 0.15) is 0 Å². The van der Waals surface area contributed by atoms with Crippen LogP contribution >= 0.6 is 0 Å². The van der Waals surface area contributed by atoms with Crippen molar-refractivity contribution >= 4 is 0 Å². The van der Waals surface area contributed by atoms with E-state index in [0.717, 1.165) is 39.0 Å². The zero-order chi connectivity index (χ0) is 15.1. The van der Waals surface area contributed by atoms with Crippen molar-refractivity contribution in [3.8, 4) is 0 Å². The molecule has 1 atom stereocenters. The van der Waals surface area contributed by atoms with Crippen LogP contribution in [-0.4, -0.2) is 42.3 Å². The first kappa shape index (κ1) is 16.5. The molecule has 3 heteroatoms. The lowest BCUT2D eigenvalue weighted by atomic mass is 9.96. The van der Waals surface area contributed by atoms with E-state index >= 15 is 0 Å². The van der Waals surface area contributed by atoms with Crippen molar-refractivity contribution in [3.63, 3.8) is 0 Å². The Balaban J connectivity index is 1.71. The highest BCUT2D eigenvalue weighted by Crippen LogP contribution is 2.21. The molecule has 1 unspecified atom stereocenters.